The standard InChI is InChI=1S/C26H29NO4/c1-3-19-6-4-17(2)22-11-5-18(14-23(19)22)16-30-21-9-7-20(8-10-21)24(15-26(28)29)25-12-13-31-27-25/h5,7-14,17,19,24H,3-4,6,15-16H2,1-2H3,(H,28,29). The van der Waals surface area contributed by atoms with Crippen molar-refractivity contribution in [2.24, 2.45) is 0 Å². The summed E-state index contributed by atoms with van der Waals surface area (Å²) in [4.78, 5) is 11.3. The van der Waals surface area contributed by atoms with Gasteiger partial charge in [-0.05, 0) is 65.5 Å². The van der Waals surface area contributed by atoms with Crippen LogP contribution in [0, 0.1) is 0 Å². The molecular weight excluding hydrogens is 390 g/mol. The third-order valence-corrected chi connectivity index (χ3v) is 6.44. The van der Waals surface area contributed by atoms with Gasteiger partial charge in [-0.25, -0.2) is 0 Å². The van der Waals surface area contributed by atoms with Crippen molar-refractivity contribution in [1.29, 1.82) is 0 Å². The second-order valence-corrected chi connectivity index (χ2v) is 8.48. The van der Waals surface area contributed by atoms with Crippen LogP contribution in [0.15, 0.2) is 59.3 Å². The van der Waals surface area contributed by atoms with Gasteiger partial charge in [0.05, 0.1) is 12.1 Å². The van der Waals surface area contributed by atoms with Gasteiger partial charge in [-0.3, -0.25) is 4.79 Å². The molecule has 1 aromatic heterocycles. The Morgan fingerprint density at radius 2 is 1.97 bits per heavy atom. The molecule has 0 amide bonds. The molecule has 0 saturated carbocycles. The van der Waals surface area contributed by atoms with E-state index in [1.165, 1.54) is 42.2 Å². The van der Waals surface area contributed by atoms with E-state index in [0.717, 1.165) is 11.3 Å². The minimum Gasteiger partial charge on any atom is -0.489 e. The number of fused-ring (bicyclic) bond motifs is 1. The zero-order chi connectivity index (χ0) is 21.8. The first-order valence-electron chi connectivity index (χ1n) is 11.0. The number of hydrogen-bond donors (Lipinski definition) is 1. The maximum absolute atomic E-state index is 11.3. The van der Waals surface area contributed by atoms with Crippen molar-refractivity contribution < 1.29 is 19.2 Å². The molecule has 3 aromatic rings. The molecule has 5 heteroatoms. The summed E-state index contributed by atoms with van der Waals surface area (Å²) in [6.07, 6.45) is 5.13. The molecule has 0 saturated heterocycles. The zero-order valence-corrected chi connectivity index (χ0v) is 18.1. The summed E-state index contributed by atoms with van der Waals surface area (Å²) in [6, 6.07) is 16.1. The molecule has 31 heavy (non-hydrogen) atoms. The highest BCUT2D eigenvalue weighted by Gasteiger charge is 2.24. The van der Waals surface area contributed by atoms with Crippen LogP contribution in [0.5, 0.6) is 5.75 Å². The summed E-state index contributed by atoms with van der Waals surface area (Å²) in [5.41, 5.74) is 5.65. The van der Waals surface area contributed by atoms with Crippen LogP contribution in [0.1, 0.15) is 85.2 Å². The van der Waals surface area contributed by atoms with Gasteiger partial charge in [0.15, 0.2) is 0 Å². The summed E-state index contributed by atoms with van der Waals surface area (Å²) in [7, 11) is 0. The average molecular weight is 420 g/mol. The average Bonchev–Trinajstić information content (AvgIpc) is 3.31. The Balaban J connectivity index is 1.46. The van der Waals surface area contributed by atoms with Crippen molar-refractivity contribution in [3.8, 4) is 5.75 Å². The number of ether oxygens (including phenoxy) is 1. The van der Waals surface area contributed by atoms with E-state index in [9.17, 15) is 9.90 Å². The molecule has 0 bridgehead atoms. The van der Waals surface area contributed by atoms with Crippen molar-refractivity contribution >= 4 is 5.97 Å². The van der Waals surface area contributed by atoms with Gasteiger partial charge in [-0.2, -0.15) is 0 Å². The Morgan fingerprint density at radius 1 is 1.16 bits per heavy atom. The number of benzene rings is 2. The fourth-order valence-corrected chi connectivity index (χ4v) is 4.64. The van der Waals surface area contributed by atoms with Crippen LogP contribution >= 0.6 is 0 Å². The monoisotopic (exact) mass is 419 g/mol. The van der Waals surface area contributed by atoms with Crippen LogP contribution in [-0.2, 0) is 11.4 Å². The lowest BCUT2D eigenvalue weighted by Crippen LogP contribution is -2.13. The molecule has 5 nitrogen and oxygen atoms in total. The van der Waals surface area contributed by atoms with Crippen LogP contribution in [0.2, 0.25) is 0 Å². The Kier molecular flexibility index (Phi) is 6.40. The van der Waals surface area contributed by atoms with Gasteiger partial charge in [0, 0.05) is 12.0 Å². The molecule has 1 N–H and O–H groups in total. The molecule has 2 aromatic carbocycles. The van der Waals surface area contributed by atoms with E-state index in [0.29, 0.717) is 24.1 Å². The number of nitrogens with zero attached hydrogens (tertiary/aromatic N) is 1. The van der Waals surface area contributed by atoms with Gasteiger partial charge in [-0.15, -0.1) is 0 Å². The maximum atomic E-state index is 11.3. The molecule has 4 rings (SSSR count). The number of aliphatic carboxylic acids is 1. The van der Waals surface area contributed by atoms with Crippen LogP contribution in [0.3, 0.4) is 0 Å². The van der Waals surface area contributed by atoms with E-state index in [4.69, 9.17) is 9.26 Å². The molecule has 0 radical (unpaired) electrons. The van der Waals surface area contributed by atoms with Gasteiger partial charge in [-0.1, -0.05) is 49.3 Å². The number of aromatic nitrogens is 1. The molecule has 3 atom stereocenters. The molecule has 0 spiro atoms. The summed E-state index contributed by atoms with van der Waals surface area (Å²) in [5.74, 6) is 0.812. The highest BCUT2D eigenvalue weighted by Crippen LogP contribution is 2.40. The lowest BCUT2D eigenvalue weighted by molar-refractivity contribution is -0.137. The molecule has 0 aliphatic heterocycles. The van der Waals surface area contributed by atoms with Crippen molar-refractivity contribution in [1.82, 2.24) is 5.16 Å². The van der Waals surface area contributed by atoms with E-state index < -0.39 is 5.97 Å². The van der Waals surface area contributed by atoms with Gasteiger partial charge in [0.1, 0.15) is 18.6 Å². The van der Waals surface area contributed by atoms with E-state index in [-0.39, 0.29) is 12.3 Å². The molecule has 1 heterocycles. The highest BCUT2D eigenvalue weighted by atomic mass is 16.5. The summed E-state index contributed by atoms with van der Waals surface area (Å²) in [6.45, 7) is 5.10. The van der Waals surface area contributed by atoms with Crippen molar-refractivity contribution in [3.05, 3.63) is 82.7 Å². The Labute approximate surface area is 183 Å². The third kappa shape index (κ3) is 4.82. The van der Waals surface area contributed by atoms with Gasteiger partial charge >= 0.3 is 5.97 Å². The van der Waals surface area contributed by atoms with Crippen LogP contribution in [0.4, 0.5) is 0 Å². The Bertz CT molecular complexity index is 1010. The predicted octanol–water partition coefficient (Wildman–Crippen LogP) is 6.25. The highest BCUT2D eigenvalue weighted by molar-refractivity contribution is 5.68. The minimum atomic E-state index is -0.875. The molecule has 3 unspecified atom stereocenters. The second-order valence-electron chi connectivity index (χ2n) is 8.48. The first-order chi connectivity index (χ1) is 15.0. The second kappa shape index (κ2) is 9.38. The minimum absolute atomic E-state index is 0.0428. The molecule has 1 aliphatic carbocycles. The summed E-state index contributed by atoms with van der Waals surface area (Å²) >= 11 is 0. The van der Waals surface area contributed by atoms with Gasteiger partial charge < -0.3 is 14.4 Å². The maximum Gasteiger partial charge on any atom is 0.304 e. The van der Waals surface area contributed by atoms with Crippen molar-refractivity contribution in [3.63, 3.8) is 0 Å². The van der Waals surface area contributed by atoms with E-state index in [1.54, 1.807) is 6.07 Å². The van der Waals surface area contributed by atoms with Crippen molar-refractivity contribution in [2.45, 2.75) is 63.9 Å². The quantitative estimate of drug-likeness (QED) is 0.467. The molecule has 1 aliphatic rings. The fraction of sp³-hybridized carbons (Fsp3) is 0.385. The smallest absolute Gasteiger partial charge is 0.304 e. The molecular formula is C26H29NO4. The zero-order valence-electron chi connectivity index (χ0n) is 18.1. The Morgan fingerprint density at radius 3 is 2.65 bits per heavy atom. The largest absolute Gasteiger partial charge is 0.489 e. The molecule has 162 valence electrons. The van der Waals surface area contributed by atoms with Crippen LogP contribution in [-0.4, -0.2) is 16.2 Å². The fourth-order valence-electron chi connectivity index (χ4n) is 4.64. The lowest BCUT2D eigenvalue weighted by atomic mass is 9.76. The first kappa shape index (κ1) is 21.2. The predicted molar refractivity (Wildman–Crippen MR) is 118 cm³/mol. The SMILES string of the molecule is CCC1CCC(C)c2ccc(COc3ccc(C(CC(=O)O)c4ccon4)cc3)cc21. The topological polar surface area (TPSA) is 72.6 Å². The van der Waals surface area contributed by atoms with E-state index >= 15 is 0 Å². The van der Waals surface area contributed by atoms with E-state index in [1.807, 2.05) is 24.3 Å². The van der Waals surface area contributed by atoms with E-state index in [2.05, 4.69) is 37.2 Å². The summed E-state index contributed by atoms with van der Waals surface area (Å²) < 4.78 is 10.9. The molecule has 0 fully saturated rings. The van der Waals surface area contributed by atoms with Crippen molar-refractivity contribution in [2.75, 3.05) is 0 Å². The lowest BCUT2D eigenvalue weighted by Gasteiger charge is -2.29. The third-order valence-electron chi connectivity index (χ3n) is 6.44. The normalized spacial score (nSPS) is 18.9. The van der Waals surface area contributed by atoms with Gasteiger partial charge in [0.25, 0.3) is 0 Å². The number of carboxylic acid groups (broad SMARTS) is 1. The number of carboxylic acids is 1. The Hall–Kier alpha value is -3.08. The number of rotatable bonds is 8. The first-order valence-corrected chi connectivity index (χ1v) is 11.0. The van der Waals surface area contributed by atoms with Crippen LogP contribution < -0.4 is 4.74 Å². The number of hydrogen-bond acceptors (Lipinski definition) is 4. The van der Waals surface area contributed by atoms with Gasteiger partial charge in [0.2, 0.25) is 0 Å². The number of carbonyl (C=O) groups is 1. The summed E-state index contributed by atoms with van der Waals surface area (Å²) in [5, 5.41) is 13.2. The van der Waals surface area contributed by atoms with Crippen LogP contribution in [0.25, 0.3) is 0 Å².